The van der Waals surface area contributed by atoms with E-state index in [4.69, 9.17) is 0 Å². The summed E-state index contributed by atoms with van der Waals surface area (Å²) in [5.74, 6) is 2.74. The monoisotopic (exact) mass is 706 g/mol. The molecule has 2 saturated heterocycles. The molecule has 2 heterocycles. The van der Waals surface area contributed by atoms with Gasteiger partial charge in [0.2, 0.25) is 0 Å². The van der Waals surface area contributed by atoms with Gasteiger partial charge in [-0.05, 0) is 153 Å². The Morgan fingerprint density at radius 3 is 2.40 bits per heavy atom. The Morgan fingerprint density at radius 2 is 1.76 bits per heavy atom. The normalized spacial score (nSPS) is 48.8. The SMILES string of the molecule is C=C(C)[C@@H]1CC[C@]2(NCCN3C[C@@H]4C[C@@H]3CS4(=O)=O)CC[C@]3(C)[C@H](CC[C@@H]4[C@@]5(C)CC=C(C6=CCC(C(=O)O)CC6)C(C)(C)[C@@H]5CC[C@]43C)[C@@H]12. The van der Waals surface area contributed by atoms with E-state index in [-0.39, 0.29) is 33.6 Å². The molecule has 8 aliphatic rings. The van der Waals surface area contributed by atoms with Crippen molar-refractivity contribution in [1.29, 1.82) is 0 Å². The van der Waals surface area contributed by atoms with Crippen LogP contribution in [0.25, 0.3) is 0 Å². The first kappa shape index (κ1) is 35.6. The van der Waals surface area contributed by atoms with Gasteiger partial charge < -0.3 is 10.4 Å². The molecule has 0 aromatic rings. The average molecular weight is 707 g/mol. The number of carboxylic acid groups (broad SMARTS) is 1. The smallest absolute Gasteiger partial charge is 0.306 e. The number of hydrogen-bond acceptors (Lipinski definition) is 5. The fourth-order valence-electron chi connectivity index (χ4n) is 15.4. The predicted molar refractivity (Wildman–Crippen MR) is 201 cm³/mol. The average Bonchev–Trinajstić information content (AvgIpc) is 3.72. The summed E-state index contributed by atoms with van der Waals surface area (Å²) in [6.07, 6.45) is 19.5. The number of allylic oxidation sites excluding steroid dienone is 5. The number of aliphatic carboxylic acids is 1. The maximum atomic E-state index is 12.4. The second kappa shape index (κ2) is 11.8. The van der Waals surface area contributed by atoms with Crippen molar-refractivity contribution in [3.8, 4) is 0 Å². The Labute approximate surface area is 303 Å². The zero-order chi connectivity index (χ0) is 35.6. The lowest BCUT2D eigenvalue weighted by atomic mass is 9.33. The fourth-order valence-corrected chi connectivity index (χ4v) is 17.5. The van der Waals surface area contributed by atoms with Crippen LogP contribution in [-0.2, 0) is 14.6 Å². The van der Waals surface area contributed by atoms with Gasteiger partial charge in [-0.2, -0.15) is 0 Å². The van der Waals surface area contributed by atoms with Crippen molar-refractivity contribution in [2.45, 2.75) is 142 Å². The van der Waals surface area contributed by atoms with Crippen molar-refractivity contribution in [3.63, 3.8) is 0 Å². The molecule has 0 aromatic carbocycles. The van der Waals surface area contributed by atoms with E-state index < -0.39 is 15.8 Å². The number of nitrogens with zero attached hydrogens (tertiary/aromatic N) is 1. The van der Waals surface area contributed by atoms with Crippen molar-refractivity contribution < 1.29 is 18.3 Å². The second-order valence-corrected chi connectivity index (χ2v) is 22.5. The van der Waals surface area contributed by atoms with Crippen molar-refractivity contribution in [3.05, 3.63) is 35.5 Å². The summed E-state index contributed by atoms with van der Waals surface area (Å²) in [5, 5.41) is 13.7. The molecule has 6 aliphatic carbocycles. The maximum Gasteiger partial charge on any atom is 0.306 e. The quantitative estimate of drug-likeness (QED) is 0.260. The van der Waals surface area contributed by atoms with Crippen LogP contribution in [0.3, 0.4) is 0 Å². The Balaban J connectivity index is 1.04. The number of carboxylic acids is 1. The molecule has 8 rings (SSSR count). The first-order valence-electron chi connectivity index (χ1n) is 20.5. The number of nitrogens with one attached hydrogen (secondary N) is 1. The van der Waals surface area contributed by atoms with Crippen LogP contribution in [0.4, 0.5) is 0 Å². The Kier molecular flexibility index (Phi) is 8.38. The summed E-state index contributed by atoms with van der Waals surface area (Å²) in [7, 11) is -2.86. The Hall–Kier alpha value is -1.44. The predicted octanol–water partition coefficient (Wildman–Crippen LogP) is 8.20. The van der Waals surface area contributed by atoms with Crippen LogP contribution in [-0.4, -0.2) is 66.6 Å². The highest BCUT2D eigenvalue weighted by molar-refractivity contribution is 7.92. The molecule has 2 N–H and O–H groups in total. The van der Waals surface area contributed by atoms with E-state index in [1.165, 1.54) is 68.1 Å². The molecular formula is C43H66N2O4S. The molecule has 4 saturated carbocycles. The van der Waals surface area contributed by atoms with Crippen LogP contribution in [0.2, 0.25) is 0 Å². The molecule has 0 spiro atoms. The number of likely N-dealkylation sites (tertiary alicyclic amines) is 1. The van der Waals surface area contributed by atoms with Gasteiger partial charge in [-0.25, -0.2) is 8.42 Å². The van der Waals surface area contributed by atoms with Crippen molar-refractivity contribution in [2.75, 3.05) is 25.4 Å². The van der Waals surface area contributed by atoms with Gasteiger partial charge in [0.15, 0.2) is 9.84 Å². The molecule has 0 amide bonds. The minimum atomic E-state index is -2.86. The van der Waals surface area contributed by atoms with Gasteiger partial charge in [0.1, 0.15) is 0 Å². The molecule has 6 nitrogen and oxygen atoms in total. The third kappa shape index (κ3) is 4.96. The standard InChI is InChI=1S/C43H66N2O4S/c1-27(2)32-14-19-43(44-22-23-45-25-31-24-30(45)26-50(31,48)49)21-20-41(6)34(37(32)43)12-13-36-40(5)17-15-33(28-8-10-29(11-9-28)38(46)47)39(3,4)35(40)16-18-42(36,41)7/h8,15,29-32,34-37,44H,1,9-14,16-26H2,2-7H3,(H,46,47)/t29?,30-,31+,32+,34-,35+,36-,37-,40+,41-,42-,43+/m1/s1. The van der Waals surface area contributed by atoms with Crippen LogP contribution < -0.4 is 5.32 Å². The maximum absolute atomic E-state index is 12.4. The van der Waals surface area contributed by atoms with Gasteiger partial charge in [-0.15, -0.1) is 0 Å². The molecule has 2 aliphatic heterocycles. The van der Waals surface area contributed by atoms with Gasteiger partial charge in [-0.3, -0.25) is 9.69 Å². The molecule has 6 fully saturated rings. The van der Waals surface area contributed by atoms with Gasteiger partial charge in [0, 0.05) is 31.2 Å². The zero-order valence-corrected chi connectivity index (χ0v) is 32.8. The summed E-state index contributed by atoms with van der Waals surface area (Å²) >= 11 is 0. The van der Waals surface area contributed by atoms with Crippen molar-refractivity contribution in [2.24, 2.45) is 57.2 Å². The van der Waals surface area contributed by atoms with Crippen molar-refractivity contribution >= 4 is 15.8 Å². The highest BCUT2D eigenvalue weighted by Gasteiger charge is 2.70. The van der Waals surface area contributed by atoms with Gasteiger partial charge in [0.25, 0.3) is 0 Å². The summed E-state index contributed by atoms with van der Waals surface area (Å²) in [6.45, 7) is 22.7. The number of hydrogen-bond donors (Lipinski definition) is 2. The van der Waals surface area contributed by atoms with Gasteiger partial charge in [0.05, 0.1) is 16.9 Å². The summed E-state index contributed by atoms with van der Waals surface area (Å²) < 4.78 is 24.8. The van der Waals surface area contributed by atoms with Crippen LogP contribution in [0.15, 0.2) is 35.5 Å². The largest absolute Gasteiger partial charge is 0.481 e. The minimum Gasteiger partial charge on any atom is -0.481 e. The number of carbonyl (C=O) groups is 1. The van der Waals surface area contributed by atoms with E-state index in [0.29, 0.717) is 52.6 Å². The summed E-state index contributed by atoms with van der Waals surface area (Å²) in [4.78, 5) is 14.2. The first-order chi connectivity index (χ1) is 23.5. The van der Waals surface area contributed by atoms with E-state index in [1.807, 2.05) is 0 Å². The zero-order valence-electron chi connectivity index (χ0n) is 32.0. The van der Waals surface area contributed by atoms with E-state index in [0.717, 1.165) is 45.3 Å². The van der Waals surface area contributed by atoms with Crippen LogP contribution in [0, 0.1) is 57.2 Å². The van der Waals surface area contributed by atoms with Crippen LogP contribution in [0.1, 0.15) is 125 Å². The highest BCUT2D eigenvalue weighted by Crippen LogP contribution is 2.76. The Morgan fingerprint density at radius 1 is 0.980 bits per heavy atom. The third-order valence-electron chi connectivity index (χ3n) is 18.0. The van der Waals surface area contributed by atoms with E-state index in [2.05, 4.69) is 70.5 Å². The topological polar surface area (TPSA) is 86.7 Å². The molecule has 1 unspecified atom stereocenters. The minimum absolute atomic E-state index is 0.0924. The van der Waals surface area contributed by atoms with Crippen LogP contribution >= 0.6 is 0 Å². The molecule has 7 heteroatoms. The van der Waals surface area contributed by atoms with Crippen LogP contribution in [0.5, 0.6) is 0 Å². The number of fused-ring (bicyclic) bond motifs is 9. The lowest BCUT2D eigenvalue weighted by Crippen LogP contribution is -2.68. The molecule has 2 bridgehead atoms. The fraction of sp³-hybridized carbons (Fsp3) is 0.837. The molecule has 0 aromatic heterocycles. The van der Waals surface area contributed by atoms with Gasteiger partial charge in [-0.1, -0.05) is 58.9 Å². The summed E-state index contributed by atoms with van der Waals surface area (Å²) in [6, 6.07) is 0.229. The lowest BCUT2D eigenvalue weighted by molar-refractivity contribution is -0.221. The molecular weight excluding hydrogens is 641 g/mol. The molecule has 50 heavy (non-hydrogen) atoms. The lowest BCUT2D eigenvalue weighted by Gasteiger charge is -2.72. The first-order valence-corrected chi connectivity index (χ1v) is 22.2. The van der Waals surface area contributed by atoms with E-state index in [9.17, 15) is 18.3 Å². The summed E-state index contributed by atoms with van der Waals surface area (Å²) in [5.41, 5.74) is 5.47. The van der Waals surface area contributed by atoms with E-state index >= 15 is 0 Å². The second-order valence-electron chi connectivity index (χ2n) is 20.2. The molecule has 0 radical (unpaired) electrons. The number of rotatable bonds is 7. The number of sulfone groups is 1. The molecule has 12 atom stereocenters. The van der Waals surface area contributed by atoms with E-state index in [1.54, 1.807) is 0 Å². The highest BCUT2D eigenvalue weighted by atomic mass is 32.2. The van der Waals surface area contributed by atoms with Crippen molar-refractivity contribution in [1.82, 2.24) is 10.2 Å². The molecule has 278 valence electrons. The Bertz CT molecular complexity index is 1610. The third-order valence-corrected chi connectivity index (χ3v) is 20.3. The van der Waals surface area contributed by atoms with Gasteiger partial charge >= 0.3 is 5.97 Å².